The number of fused-ring (bicyclic) bond motifs is 1. The maximum absolute atomic E-state index is 12.6. The predicted molar refractivity (Wildman–Crippen MR) is 113 cm³/mol. The zero-order valence-corrected chi connectivity index (χ0v) is 16.9. The van der Waals surface area contributed by atoms with E-state index >= 15 is 0 Å². The Morgan fingerprint density at radius 3 is 2.70 bits per heavy atom. The Balaban J connectivity index is 1.53. The van der Waals surface area contributed by atoms with Crippen LogP contribution >= 0.6 is 0 Å². The fraction of sp³-hybridized carbons (Fsp3) is 0.261. The molecule has 1 atom stereocenters. The standard InChI is InChI=1S/C23H23N3O4/c1-29-20-11-8-16(13-21(20)30-2)18-10-12-23(28)26(25-18)14-22(27)24-19-9-7-15-5-3-4-6-17(15)19/h3-6,8,10-13,19H,7,9,14H2,1-2H3,(H,24,27)/t19-/m0/s1. The molecule has 0 saturated heterocycles. The number of nitrogens with zero attached hydrogens (tertiary/aromatic N) is 2. The van der Waals surface area contributed by atoms with Crippen LogP contribution in [0.15, 0.2) is 59.4 Å². The van der Waals surface area contributed by atoms with E-state index in [0.717, 1.165) is 24.0 Å². The van der Waals surface area contributed by atoms with Gasteiger partial charge in [0.1, 0.15) is 6.54 Å². The molecule has 0 unspecified atom stereocenters. The predicted octanol–water partition coefficient (Wildman–Crippen LogP) is 2.73. The topological polar surface area (TPSA) is 82.5 Å². The summed E-state index contributed by atoms with van der Waals surface area (Å²) in [6.45, 7) is -0.140. The fourth-order valence-electron chi connectivity index (χ4n) is 3.79. The molecule has 1 aromatic heterocycles. The molecule has 0 spiro atoms. The second-order valence-electron chi connectivity index (χ2n) is 7.14. The van der Waals surface area contributed by atoms with E-state index in [4.69, 9.17) is 9.47 Å². The second kappa shape index (κ2) is 8.41. The van der Waals surface area contributed by atoms with Crippen LogP contribution in [-0.2, 0) is 17.8 Å². The van der Waals surface area contributed by atoms with Gasteiger partial charge in [0.2, 0.25) is 5.91 Å². The Morgan fingerprint density at radius 1 is 1.10 bits per heavy atom. The zero-order chi connectivity index (χ0) is 21.1. The van der Waals surface area contributed by atoms with Gasteiger partial charge in [-0.2, -0.15) is 5.10 Å². The maximum atomic E-state index is 12.6. The van der Waals surface area contributed by atoms with Crippen molar-refractivity contribution in [3.63, 3.8) is 0 Å². The van der Waals surface area contributed by atoms with E-state index in [1.54, 1.807) is 32.4 Å². The van der Waals surface area contributed by atoms with Crippen LogP contribution in [0.2, 0.25) is 0 Å². The molecule has 1 heterocycles. The summed E-state index contributed by atoms with van der Waals surface area (Å²) in [6.07, 6.45) is 1.80. The van der Waals surface area contributed by atoms with Gasteiger partial charge in [-0.15, -0.1) is 0 Å². The Morgan fingerprint density at radius 2 is 1.90 bits per heavy atom. The summed E-state index contributed by atoms with van der Waals surface area (Å²) >= 11 is 0. The van der Waals surface area contributed by atoms with Gasteiger partial charge >= 0.3 is 0 Å². The molecule has 1 N–H and O–H groups in total. The lowest BCUT2D eigenvalue weighted by molar-refractivity contribution is -0.122. The summed E-state index contributed by atoms with van der Waals surface area (Å²) in [5.74, 6) is 0.925. The van der Waals surface area contributed by atoms with Crippen molar-refractivity contribution >= 4 is 5.91 Å². The summed E-state index contributed by atoms with van der Waals surface area (Å²) < 4.78 is 11.8. The van der Waals surface area contributed by atoms with Crippen LogP contribution < -0.4 is 20.3 Å². The van der Waals surface area contributed by atoms with Gasteiger partial charge in [-0.3, -0.25) is 9.59 Å². The van der Waals surface area contributed by atoms with E-state index in [2.05, 4.69) is 16.5 Å². The van der Waals surface area contributed by atoms with Gasteiger partial charge in [-0.1, -0.05) is 24.3 Å². The number of rotatable bonds is 6. The average molecular weight is 405 g/mol. The molecule has 0 bridgehead atoms. The van der Waals surface area contributed by atoms with E-state index in [-0.39, 0.29) is 24.1 Å². The SMILES string of the molecule is COc1ccc(-c2ccc(=O)n(CC(=O)N[C@H]3CCc4ccccc43)n2)cc1OC. The second-order valence-corrected chi connectivity index (χ2v) is 7.14. The summed E-state index contributed by atoms with van der Waals surface area (Å²) in [5.41, 5.74) is 3.39. The molecule has 1 aliphatic rings. The van der Waals surface area contributed by atoms with Crippen molar-refractivity contribution in [1.82, 2.24) is 15.1 Å². The molecule has 1 amide bonds. The largest absolute Gasteiger partial charge is 0.493 e. The molecule has 0 radical (unpaired) electrons. The minimum Gasteiger partial charge on any atom is -0.493 e. The summed E-state index contributed by atoms with van der Waals surface area (Å²) in [7, 11) is 3.12. The number of aromatic nitrogens is 2. The Bertz CT molecular complexity index is 1140. The highest BCUT2D eigenvalue weighted by Crippen LogP contribution is 2.32. The van der Waals surface area contributed by atoms with Crippen molar-refractivity contribution in [1.29, 1.82) is 0 Å². The van der Waals surface area contributed by atoms with Crippen LogP contribution in [0.25, 0.3) is 11.3 Å². The minimum absolute atomic E-state index is 0.0292. The number of hydrogen-bond donors (Lipinski definition) is 1. The summed E-state index contributed by atoms with van der Waals surface area (Å²) in [5, 5.41) is 7.41. The molecule has 7 nitrogen and oxygen atoms in total. The van der Waals surface area contributed by atoms with E-state index in [0.29, 0.717) is 17.2 Å². The number of carbonyl (C=O) groups is 1. The van der Waals surface area contributed by atoms with Gasteiger partial charge in [-0.05, 0) is 48.2 Å². The van der Waals surface area contributed by atoms with Gasteiger partial charge in [0.25, 0.3) is 5.56 Å². The Labute approximate surface area is 174 Å². The first-order valence-electron chi connectivity index (χ1n) is 9.77. The molecule has 7 heteroatoms. The third kappa shape index (κ3) is 3.91. The quantitative estimate of drug-likeness (QED) is 0.682. The van der Waals surface area contributed by atoms with Crippen molar-refractivity contribution in [3.8, 4) is 22.8 Å². The lowest BCUT2D eigenvalue weighted by Crippen LogP contribution is -2.35. The van der Waals surface area contributed by atoms with E-state index < -0.39 is 0 Å². The number of hydrogen-bond acceptors (Lipinski definition) is 5. The van der Waals surface area contributed by atoms with Crippen molar-refractivity contribution in [2.45, 2.75) is 25.4 Å². The Hall–Kier alpha value is -3.61. The molecule has 30 heavy (non-hydrogen) atoms. The first-order valence-corrected chi connectivity index (χ1v) is 9.77. The number of carbonyl (C=O) groups excluding carboxylic acids is 1. The van der Waals surface area contributed by atoms with Crippen LogP contribution in [0.5, 0.6) is 11.5 Å². The number of nitrogens with one attached hydrogen (secondary N) is 1. The highest BCUT2D eigenvalue weighted by Gasteiger charge is 2.23. The lowest BCUT2D eigenvalue weighted by atomic mass is 10.1. The van der Waals surface area contributed by atoms with Crippen LogP contribution in [0.4, 0.5) is 0 Å². The van der Waals surface area contributed by atoms with Gasteiger partial charge in [0.05, 0.1) is 26.0 Å². The normalized spacial score (nSPS) is 14.8. The van der Waals surface area contributed by atoms with Crippen LogP contribution in [0.1, 0.15) is 23.6 Å². The highest BCUT2D eigenvalue weighted by molar-refractivity contribution is 5.76. The Kier molecular flexibility index (Phi) is 5.52. The molecular formula is C23H23N3O4. The molecular weight excluding hydrogens is 382 g/mol. The van der Waals surface area contributed by atoms with Crippen molar-refractivity contribution < 1.29 is 14.3 Å². The van der Waals surface area contributed by atoms with Crippen LogP contribution in [-0.4, -0.2) is 29.9 Å². The van der Waals surface area contributed by atoms with Crippen molar-refractivity contribution in [3.05, 3.63) is 76.1 Å². The molecule has 0 fully saturated rings. The molecule has 0 aliphatic heterocycles. The third-order valence-electron chi connectivity index (χ3n) is 5.31. The number of ether oxygens (including phenoxy) is 2. The van der Waals surface area contributed by atoms with Gasteiger partial charge in [-0.25, -0.2) is 4.68 Å². The number of methoxy groups -OCH3 is 2. The van der Waals surface area contributed by atoms with E-state index in [1.165, 1.54) is 16.3 Å². The molecule has 1 aliphatic carbocycles. The number of amides is 1. The smallest absolute Gasteiger partial charge is 0.267 e. The first kappa shape index (κ1) is 19.7. The fourth-order valence-corrected chi connectivity index (χ4v) is 3.79. The molecule has 3 aromatic rings. The number of aryl methyl sites for hydroxylation is 1. The van der Waals surface area contributed by atoms with Gasteiger partial charge in [0, 0.05) is 11.6 Å². The van der Waals surface area contributed by atoms with Gasteiger partial charge in [0.15, 0.2) is 11.5 Å². The molecule has 4 rings (SSSR count). The van der Waals surface area contributed by atoms with Crippen molar-refractivity contribution in [2.24, 2.45) is 0 Å². The van der Waals surface area contributed by atoms with Crippen LogP contribution in [0.3, 0.4) is 0 Å². The molecule has 154 valence electrons. The minimum atomic E-state index is -0.332. The monoisotopic (exact) mass is 405 g/mol. The molecule has 2 aromatic carbocycles. The highest BCUT2D eigenvalue weighted by atomic mass is 16.5. The van der Waals surface area contributed by atoms with Gasteiger partial charge < -0.3 is 14.8 Å². The zero-order valence-electron chi connectivity index (χ0n) is 16.9. The number of benzene rings is 2. The molecule has 0 saturated carbocycles. The first-order chi connectivity index (χ1) is 14.6. The summed E-state index contributed by atoms with van der Waals surface area (Å²) in [6, 6.07) is 16.5. The van der Waals surface area contributed by atoms with E-state index in [1.807, 2.05) is 24.3 Å². The summed E-state index contributed by atoms with van der Waals surface area (Å²) in [4.78, 5) is 24.9. The third-order valence-corrected chi connectivity index (χ3v) is 5.31. The lowest BCUT2D eigenvalue weighted by Gasteiger charge is -2.15. The average Bonchev–Trinajstić information content (AvgIpc) is 3.17. The van der Waals surface area contributed by atoms with Crippen LogP contribution in [0, 0.1) is 0 Å². The van der Waals surface area contributed by atoms with Crippen molar-refractivity contribution in [2.75, 3.05) is 14.2 Å². The maximum Gasteiger partial charge on any atom is 0.267 e. The van der Waals surface area contributed by atoms with E-state index in [9.17, 15) is 9.59 Å².